The third kappa shape index (κ3) is 2.97. The summed E-state index contributed by atoms with van der Waals surface area (Å²) < 4.78 is 18.8. The fourth-order valence-electron chi connectivity index (χ4n) is 3.11. The van der Waals surface area contributed by atoms with E-state index in [9.17, 15) is 9.18 Å². The first-order chi connectivity index (χ1) is 12.5. The van der Waals surface area contributed by atoms with Crippen molar-refractivity contribution in [1.29, 1.82) is 0 Å². The molecule has 3 aromatic rings. The highest BCUT2D eigenvalue weighted by Crippen LogP contribution is 2.33. The highest BCUT2D eigenvalue weighted by molar-refractivity contribution is 6.31. The second-order valence-corrected chi connectivity index (χ2v) is 6.68. The van der Waals surface area contributed by atoms with E-state index in [0.29, 0.717) is 23.9 Å². The number of hydrogen-bond acceptors (Lipinski definition) is 4. The van der Waals surface area contributed by atoms with Crippen LogP contribution in [0.4, 0.5) is 10.1 Å². The lowest BCUT2D eigenvalue weighted by atomic mass is 10.1. The molecule has 7 heteroatoms. The zero-order valence-corrected chi connectivity index (χ0v) is 14.7. The lowest BCUT2D eigenvalue weighted by Crippen LogP contribution is -2.24. The molecule has 1 aliphatic heterocycles. The van der Waals surface area contributed by atoms with Crippen molar-refractivity contribution >= 4 is 23.2 Å². The zero-order valence-electron chi connectivity index (χ0n) is 13.9. The monoisotopic (exact) mass is 371 g/mol. The number of amides is 1. The average molecular weight is 372 g/mol. The summed E-state index contributed by atoms with van der Waals surface area (Å²) in [5.41, 5.74) is 2.50. The fraction of sp³-hybridized carbons (Fsp3) is 0.211. The molecule has 0 N–H and O–H groups in total. The summed E-state index contributed by atoms with van der Waals surface area (Å²) in [6, 6.07) is 12.0. The summed E-state index contributed by atoms with van der Waals surface area (Å²) in [6.45, 7) is 2.36. The van der Waals surface area contributed by atoms with Crippen LogP contribution in [0.5, 0.6) is 0 Å². The summed E-state index contributed by atoms with van der Waals surface area (Å²) in [5, 5.41) is 4.04. The molecule has 1 amide bonds. The first-order valence-electron chi connectivity index (χ1n) is 8.18. The molecule has 0 saturated carbocycles. The molecule has 4 rings (SSSR count). The molecule has 0 spiro atoms. The van der Waals surface area contributed by atoms with Crippen molar-refractivity contribution in [2.45, 2.75) is 19.3 Å². The number of benzene rings is 2. The van der Waals surface area contributed by atoms with E-state index < -0.39 is 5.82 Å². The van der Waals surface area contributed by atoms with Crippen LogP contribution in [0.15, 0.2) is 47.0 Å². The first-order valence-corrected chi connectivity index (χ1v) is 8.56. The molecule has 1 unspecified atom stereocenters. The Morgan fingerprint density at radius 3 is 2.85 bits per heavy atom. The highest BCUT2D eigenvalue weighted by Gasteiger charge is 2.35. The molecule has 5 nitrogen and oxygen atoms in total. The third-order valence-corrected chi connectivity index (χ3v) is 4.81. The van der Waals surface area contributed by atoms with Gasteiger partial charge in [0.15, 0.2) is 0 Å². The number of aromatic nitrogens is 2. The second-order valence-electron chi connectivity index (χ2n) is 6.27. The molecule has 2 aromatic carbocycles. The van der Waals surface area contributed by atoms with Crippen molar-refractivity contribution in [1.82, 2.24) is 10.1 Å². The maximum atomic E-state index is 13.4. The Hall–Kier alpha value is -2.73. The van der Waals surface area contributed by atoms with E-state index >= 15 is 0 Å². The molecule has 1 aliphatic rings. The maximum Gasteiger partial charge on any atom is 0.232 e. The lowest BCUT2D eigenvalue weighted by Gasteiger charge is -2.16. The summed E-state index contributed by atoms with van der Waals surface area (Å²) >= 11 is 5.83. The molecule has 1 fully saturated rings. The van der Waals surface area contributed by atoms with Crippen LogP contribution >= 0.6 is 11.6 Å². The van der Waals surface area contributed by atoms with Gasteiger partial charge in [0.2, 0.25) is 17.6 Å². The molecular formula is C19H15ClFN3O2. The summed E-state index contributed by atoms with van der Waals surface area (Å²) in [6.07, 6.45) is 0.254. The van der Waals surface area contributed by atoms with E-state index in [2.05, 4.69) is 10.1 Å². The minimum absolute atomic E-state index is 0.0154. The van der Waals surface area contributed by atoms with E-state index in [1.54, 1.807) is 4.90 Å². The van der Waals surface area contributed by atoms with Gasteiger partial charge in [-0.25, -0.2) is 4.39 Å². The van der Waals surface area contributed by atoms with E-state index in [4.69, 9.17) is 16.1 Å². The predicted octanol–water partition coefficient (Wildman–Crippen LogP) is 4.36. The summed E-state index contributed by atoms with van der Waals surface area (Å²) in [7, 11) is 0. The second kappa shape index (κ2) is 6.53. The summed E-state index contributed by atoms with van der Waals surface area (Å²) in [5.74, 6) is 0.115. The molecule has 1 atom stereocenters. The van der Waals surface area contributed by atoms with E-state index in [1.165, 1.54) is 18.2 Å². The fourth-order valence-corrected chi connectivity index (χ4v) is 3.28. The van der Waals surface area contributed by atoms with Crippen molar-refractivity contribution in [3.05, 3.63) is 64.8 Å². The SMILES string of the molecule is Cc1ccccc1-c1noc(C2CC(=O)N(c3ccc(F)c(Cl)c3)C2)n1. The van der Waals surface area contributed by atoms with Crippen molar-refractivity contribution in [3.63, 3.8) is 0 Å². The number of aryl methyl sites for hydroxylation is 1. The van der Waals surface area contributed by atoms with Gasteiger partial charge in [-0.05, 0) is 30.7 Å². The van der Waals surface area contributed by atoms with E-state index in [-0.39, 0.29) is 23.3 Å². The predicted molar refractivity (Wildman–Crippen MR) is 95.6 cm³/mol. The van der Waals surface area contributed by atoms with E-state index in [0.717, 1.165) is 11.1 Å². The average Bonchev–Trinajstić information content (AvgIpc) is 3.25. The van der Waals surface area contributed by atoms with Gasteiger partial charge in [-0.3, -0.25) is 4.79 Å². The van der Waals surface area contributed by atoms with Gasteiger partial charge >= 0.3 is 0 Å². The van der Waals surface area contributed by atoms with Crippen molar-refractivity contribution in [3.8, 4) is 11.4 Å². The normalized spacial score (nSPS) is 17.1. The van der Waals surface area contributed by atoms with Gasteiger partial charge in [-0.2, -0.15) is 4.98 Å². The van der Waals surface area contributed by atoms with Crippen molar-refractivity contribution in [2.24, 2.45) is 0 Å². The van der Waals surface area contributed by atoms with Crippen LogP contribution in [0.3, 0.4) is 0 Å². The number of nitrogens with zero attached hydrogens (tertiary/aromatic N) is 3. The molecule has 132 valence electrons. The minimum atomic E-state index is -0.515. The Kier molecular flexibility index (Phi) is 4.20. The molecule has 1 saturated heterocycles. The quantitative estimate of drug-likeness (QED) is 0.686. The standard InChI is InChI=1S/C19H15ClFN3O2/c1-11-4-2-3-5-14(11)18-22-19(26-23-18)12-8-17(25)24(10-12)13-6-7-16(21)15(20)9-13/h2-7,9,12H,8,10H2,1H3. The molecular weight excluding hydrogens is 357 g/mol. The number of carbonyl (C=O) groups excluding carboxylic acids is 1. The number of halogens is 2. The summed E-state index contributed by atoms with van der Waals surface area (Å²) in [4.78, 5) is 18.4. The van der Waals surface area contributed by atoms with Gasteiger partial charge in [-0.1, -0.05) is 41.0 Å². The van der Waals surface area contributed by atoms with E-state index in [1.807, 2.05) is 31.2 Å². The van der Waals surface area contributed by atoms with Gasteiger partial charge in [0.1, 0.15) is 5.82 Å². The smallest absolute Gasteiger partial charge is 0.232 e. The van der Waals surface area contributed by atoms with Crippen LogP contribution in [-0.4, -0.2) is 22.6 Å². The van der Waals surface area contributed by atoms with Crippen LogP contribution < -0.4 is 4.90 Å². The molecule has 1 aromatic heterocycles. The van der Waals surface area contributed by atoms with Gasteiger partial charge < -0.3 is 9.42 Å². The maximum absolute atomic E-state index is 13.4. The topological polar surface area (TPSA) is 59.2 Å². The molecule has 0 aliphatic carbocycles. The highest BCUT2D eigenvalue weighted by atomic mass is 35.5. The minimum Gasteiger partial charge on any atom is -0.339 e. The number of hydrogen-bond donors (Lipinski definition) is 0. The van der Waals surface area contributed by atoms with Crippen LogP contribution in [0.1, 0.15) is 23.8 Å². The Morgan fingerprint density at radius 1 is 1.27 bits per heavy atom. The Balaban J connectivity index is 1.58. The van der Waals surface area contributed by atoms with Crippen LogP contribution in [0.25, 0.3) is 11.4 Å². The van der Waals surface area contributed by atoms with Gasteiger partial charge in [0.05, 0.1) is 10.9 Å². The molecule has 2 heterocycles. The largest absolute Gasteiger partial charge is 0.339 e. The Labute approximate surface area is 154 Å². The first kappa shape index (κ1) is 16.7. The third-order valence-electron chi connectivity index (χ3n) is 4.52. The van der Waals surface area contributed by atoms with Crippen LogP contribution in [0.2, 0.25) is 5.02 Å². The van der Waals surface area contributed by atoms with Gasteiger partial charge in [0.25, 0.3) is 0 Å². The Bertz CT molecular complexity index is 988. The molecule has 0 bridgehead atoms. The number of anilines is 1. The van der Waals surface area contributed by atoms with Crippen molar-refractivity contribution < 1.29 is 13.7 Å². The number of carbonyl (C=O) groups is 1. The van der Waals surface area contributed by atoms with Crippen LogP contribution in [0, 0.1) is 12.7 Å². The Morgan fingerprint density at radius 2 is 2.08 bits per heavy atom. The molecule has 0 radical (unpaired) electrons. The lowest BCUT2D eigenvalue weighted by molar-refractivity contribution is -0.117. The number of rotatable bonds is 3. The van der Waals surface area contributed by atoms with Gasteiger partial charge in [-0.15, -0.1) is 0 Å². The van der Waals surface area contributed by atoms with Gasteiger partial charge in [0, 0.05) is 24.2 Å². The van der Waals surface area contributed by atoms with Crippen molar-refractivity contribution in [2.75, 3.05) is 11.4 Å². The zero-order chi connectivity index (χ0) is 18.3. The molecule has 26 heavy (non-hydrogen) atoms. The van der Waals surface area contributed by atoms with Crippen LogP contribution in [-0.2, 0) is 4.79 Å².